The lowest BCUT2D eigenvalue weighted by Crippen LogP contribution is -2.36. The highest BCUT2D eigenvalue weighted by Gasteiger charge is 2.29. The predicted octanol–water partition coefficient (Wildman–Crippen LogP) is 3.55. The van der Waals surface area contributed by atoms with Crippen molar-refractivity contribution in [1.29, 1.82) is 0 Å². The Morgan fingerprint density at radius 2 is 2.00 bits per heavy atom. The molecule has 0 saturated carbocycles. The summed E-state index contributed by atoms with van der Waals surface area (Å²) < 4.78 is 8.35. The molecule has 7 nitrogen and oxygen atoms in total. The molecule has 0 spiro atoms. The van der Waals surface area contributed by atoms with Crippen molar-refractivity contribution in [3.05, 3.63) is 59.5 Å². The van der Waals surface area contributed by atoms with E-state index in [9.17, 15) is 4.79 Å². The quantitative estimate of drug-likeness (QED) is 0.709. The van der Waals surface area contributed by atoms with Crippen LogP contribution in [0.1, 0.15) is 55.8 Å². The van der Waals surface area contributed by atoms with Crippen LogP contribution in [0.4, 0.5) is 4.79 Å². The van der Waals surface area contributed by atoms with E-state index in [2.05, 4.69) is 35.4 Å². The lowest BCUT2D eigenvalue weighted by molar-refractivity contribution is 0.171. The zero-order chi connectivity index (χ0) is 19.7. The van der Waals surface area contributed by atoms with Gasteiger partial charge in [-0.25, -0.2) is 4.79 Å². The zero-order valence-corrected chi connectivity index (χ0v) is 16.1. The van der Waals surface area contributed by atoms with E-state index in [1.165, 1.54) is 0 Å². The maximum atomic E-state index is 11.3. The van der Waals surface area contributed by atoms with Gasteiger partial charge < -0.3 is 15.8 Å². The van der Waals surface area contributed by atoms with Crippen LogP contribution in [-0.2, 0) is 6.42 Å². The lowest BCUT2D eigenvalue weighted by atomic mass is 9.85. The van der Waals surface area contributed by atoms with Crippen LogP contribution in [0.25, 0.3) is 5.65 Å². The van der Waals surface area contributed by atoms with Gasteiger partial charge >= 0.3 is 6.03 Å². The standard InChI is InChI=1S/C21H25N5O2/c1-13(2)11-20-25-24-19-10-7-14(12-26(19)20)28-18-9-8-17(23-21(22)27)15-5-3-4-6-16(15)18/h3-7,10,12-13,17-18H,8-9,11H2,1-2H3,(H3,22,23,27)/t17-,18+/m0/s1. The van der Waals surface area contributed by atoms with Crippen molar-refractivity contribution in [2.45, 2.75) is 45.3 Å². The smallest absolute Gasteiger partial charge is 0.312 e. The number of aromatic nitrogens is 3. The largest absolute Gasteiger partial charge is 0.484 e. The Labute approximate surface area is 163 Å². The fourth-order valence-corrected chi connectivity index (χ4v) is 3.85. The summed E-state index contributed by atoms with van der Waals surface area (Å²) in [6, 6.07) is 11.3. The van der Waals surface area contributed by atoms with Crippen LogP contribution in [-0.4, -0.2) is 20.6 Å². The fourth-order valence-electron chi connectivity index (χ4n) is 3.85. The van der Waals surface area contributed by atoms with E-state index in [4.69, 9.17) is 10.5 Å². The molecule has 2 amide bonds. The van der Waals surface area contributed by atoms with Crippen molar-refractivity contribution in [3.63, 3.8) is 0 Å². The van der Waals surface area contributed by atoms with Crippen molar-refractivity contribution in [3.8, 4) is 5.75 Å². The highest BCUT2D eigenvalue weighted by Crippen LogP contribution is 2.38. The molecule has 0 unspecified atom stereocenters. The van der Waals surface area contributed by atoms with Crippen LogP contribution in [0.5, 0.6) is 5.75 Å². The number of carbonyl (C=O) groups excluding carboxylic acids is 1. The summed E-state index contributed by atoms with van der Waals surface area (Å²) >= 11 is 0. The molecule has 28 heavy (non-hydrogen) atoms. The van der Waals surface area contributed by atoms with Crippen LogP contribution in [0, 0.1) is 5.92 Å². The molecule has 3 N–H and O–H groups in total. The van der Waals surface area contributed by atoms with Crippen molar-refractivity contribution in [1.82, 2.24) is 19.9 Å². The summed E-state index contributed by atoms with van der Waals surface area (Å²) in [5, 5.41) is 11.4. The second-order valence-electron chi connectivity index (χ2n) is 7.68. The lowest BCUT2D eigenvalue weighted by Gasteiger charge is -2.32. The van der Waals surface area contributed by atoms with Crippen LogP contribution >= 0.6 is 0 Å². The number of primary amides is 1. The number of nitrogens with one attached hydrogen (secondary N) is 1. The van der Waals surface area contributed by atoms with Gasteiger partial charge in [0.2, 0.25) is 0 Å². The molecule has 146 valence electrons. The van der Waals surface area contributed by atoms with Crippen LogP contribution in [0.15, 0.2) is 42.6 Å². The second-order valence-corrected chi connectivity index (χ2v) is 7.68. The Hall–Kier alpha value is -3.09. The van der Waals surface area contributed by atoms with Gasteiger partial charge in [-0.05, 0) is 42.0 Å². The Bertz CT molecular complexity index is 997. The van der Waals surface area contributed by atoms with E-state index in [0.29, 0.717) is 5.92 Å². The molecule has 2 aromatic heterocycles. The molecular formula is C21H25N5O2. The molecule has 0 saturated heterocycles. The third-order valence-corrected chi connectivity index (χ3v) is 5.07. The van der Waals surface area contributed by atoms with E-state index in [0.717, 1.165) is 47.6 Å². The molecule has 7 heteroatoms. The Balaban J connectivity index is 1.61. The number of nitrogens with two attached hydrogens (primary N) is 1. The van der Waals surface area contributed by atoms with Crippen molar-refractivity contribution in [2.75, 3.05) is 0 Å². The normalized spacial score (nSPS) is 18.8. The number of rotatable bonds is 5. The Morgan fingerprint density at radius 3 is 2.75 bits per heavy atom. The number of amides is 2. The monoisotopic (exact) mass is 379 g/mol. The summed E-state index contributed by atoms with van der Waals surface area (Å²) in [7, 11) is 0. The summed E-state index contributed by atoms with van der Waals surface area (Å²) in [6.07, 6.45) is 4.31. The average molecular weight is 379 g/mol. The van der Waals surface area contributed by atoms with Gasteiger partial charge in [0.25, 0.3) is 0 Å². The number of benzene rings is 1. The van der Waals surface area contributed by atoms with Gasteiger partial charge in [0.05, 0.1) is 12.2 Å². The molecule has 0 fully saturated rings. The molecule has 2 heterocycles. The summed E-state index contributed by atoms with van der Waals surface area (Å²) in [5.41, 5.74) is 8.29. The van der Waals surface area contributed by atoms with Crippen LogP contribution in [0.3, 0.4) is 0 Å². The first-order valence-corrected chi connectivity index (χ1v) is 9.66. The first-order valence-electron chi connectivity index (χ1n) is 9.66. The number of ether oxygens (including phenoxy) is 1. The molecule has 0 bridgehead atoms. The maximum Gasteiger partial charge on any atom is 0.312 e. The Kier molecular flexibility index (Phi) is 4.90. The highest BCUT2D eigenvalue weighted by atomic mass is 16.5. The van der Waals surface area contributed by atoms with Gasteiger partial charge in [-0.15, -0.1) is 10.2 Å². The number of nitrogens with zero attached hydrogens (tertiary/aromatic N) is 3. The zero-order valence-electron chi connectivity index (χ0n) is 16.1. The van der Waals surface area contributed by atoms with Gasteiger partial charge in [0.15, 0.2) is 5.65 Å². The average Bonchev–Trinajstić information content (AvgIpc) is 3.05. The molecule has 0 radical (unpaired) electrons. The number of hydrogen-bond donors (Lipinski definition) is 2. The van der Waals surface area contributed by atoms with Gasteiger partial charge in [0.1, 0.15) is 17.7 Å². The third kappa shape index (κ3) is 3.65. The summed E-state index contributed by atoms with van der Waals surface area (Å²) in [6.45, 7) is 4.33. The van der Waals surface area contributed by atoms with Gasteiger partial charge in [-0.1, -0.05) is 38.1 Å². The molecule has 1 aliphatic carbocycles. The predicted molar refractivity (Wildman–Crippen MR) is 106 cm³/mol. The SMILES string of the molecule is CC(C)Cc1nnc2ccc(O[C@@H]3CC[C@H](NC(N)=O)c4ccccc43)cn12. The molecule has 1 aliphatic rings. The first kappa shape index (κ1) is 18.3. The van der Waals surface area contributed by atoms with Gasteiger partial charge in [0, 0.05) is 6.42 Å². The van der Waals surface area contributed by atoms with Gasteiger partial charge in [-0.2, -0.15) is 0 Å². The number of urea groups is 1. The van der Waals surface area contributed by atoms with Crippen LogP contribution in [0.2, 0.25) is 0 Å². The maximum absolute atomic E-state index is 11.3. The number of pyridine rings is 1. The number of hydrogen-bond acceptors (Lipinski definition) is 4. The minimum Gasteiger partial charge on any atom is -0.484 e. The van der Waals surface area contributed by atoms with E-state index in [-0.39, 0.29) is 12.1 Å². The molecule has 3 aromatic rings. The second kappa shape index (κ2) is 7.50. The molecule has 1 aromatic carbocycles. The summed E-state index contributed by atoms with van der Waals surface area (Å²) in [5.74, 6) is 2.21. The molecular weight excluding hydrogens is 354 g/mol. The number of carbonyl (C=O) groups is 1. The third-order valence-electron chi connectivity index (χ3n) is 5.07. The van der Waals surface area contributed by atoms with E-state index in [1.807, 2.05) is 40.9 Å². The van der Waals surface area contributed by atoms with Crippen LogP contribution < -0.4 is 15.8 Å². The topological polar surface area (TPSA) is 94.5 Å². The van der Waals surface area contributed by atoms with E-state index >= 15 is 0 Å². The van der Waals surface area contributed by atoms with E-state index in [1.54, 1.807) is 0 Å². The fraction of sp³-hybridized carbons (Fsp3) is 0.381. The van der Waals surface area contributed by atoms with Crippen molar-refractivity contribution < 1.29 is 9.53 Å². The molecule has 2 atom stereocenters. The minimum atomic E-state index is -0.505. The first-order chi connectivity index (χ1) is 13.5. The number of fused-ring (bicyclic) bond motifs is 2. The van der Waals surface area contributed by atoms with Crippen molar-refractivity contribution >= 4 is 11.7 Å². The molecule has 4 rings (SSSR count). The Morgan fingerprint density at radius 1 is 1.21 bits per heavy atom. The van der Waals surface area contributed by atoms with Crippen molar-refractivity contribution in [2.24, 2.45) is 11.7 Å². The minimum absolute atomic E-state index is 0.0773. The molecule has 0 aliphatic heterocycles. The van der Waals surface area contributed by atoms with Gasteiger partial charge in [-0.3, -0.25) is 4.40 Å². The highest BCUT2D eigenvalue weighted by molar-refractivity contribution is 5.72. The van der Waals surface area contributed by atoms with E-state index < -0.39 is 6.03 Å². The summed E-state index contributed by atoms with van der Waals surface area (Å²) in [4.78, 5) is 11.3.